The molecular formula is C26H38ClN3. The van der Waals surface area contributed by atoms with Crippen molar-refractivity contribution in [3.8, 4) is 0 Å². The van der Waals surface area contributed by atoms with Gasteiger partial charge < -0.3 is 4.98 Å². The molecule has 1 atom stereocenters. The Kier molecular flexibility index (Phi) is 7.54. The molecule has 3 nitrogen and oxygen atoms in total. The van der Waals surface area contributed by atoms with E-state index >= 15 is 0 Å². The van der Waals surface area contributed by atoms with Crippen molar-refractivity contribution in [1.29, 1.82) is 0 Å². The quantitative estimate of drug-likeness (QED) is 0.438. The molecule has 0 spiro atoms. The number of benzene rings is 1. The summed E-state index contributed by atoms with van der Waals surface area (Å²) in [6, 6.07) is 6.74. The third-order valence-electron chi connectivity index (χ3n) is 7.07. The normalized spacial score (nSPS) is 22.1. The standard InChI is InChI=1S/C26H38ClN3/c1-3-5-10-15-28-25-24-21-17-20(27)13-14-22(21)29-23(24)18-30(16-6-4-2)26(25)19-11-8-7-9-12-19/h13-14,17,19,26,29H,3-12,15-16,18H2,1-2H3. The number of fused-ring (bicyclic) bond motifs is 3. The van der Waals surface area contributed by atoms with E-state index < -0.39 is 0 Å². The molecule has 1 aliphatic heterocycles. The van der Waals surface area contributed by atoms with Gasteiger partial charge in [-0.25, -0.2) is 0 Å². The van der Waals surface area contributed by atoms with E-state index in [2.05, 4.69) is 35.9 Å². The largest absolute Gasteiger partial charge is 0.357 e. The lowest BCUT2D eigenvalue weighted by atomic mass is 9.77. The highest BCUT2D eigenvalue weighted by Gasteiger charge is 2.39. The van der Waals surface area contributed by atoms with Crippen LogP contribution in [0.4, 0.5) is 0 Å². The molecule has 1 saturated carbocycles. The van der Waals surface area contributed by atoms with E-state index in [9.17, 15) is 0 Å². The highest BCUT2D eigenvalue weighted by Crippen LogP contribution is 2.38. The minimum atomic E-state index is 0.462. The lowest BCUT2D eigenvalue weighted by molar-refractivity contribution is 0.146. The molecule has 1 aromatic heterocycles. The second-order valence-corrected chi connectivity index (χ2v) is 9.75. The maximum atomic E-state index is 6.43. The summed E-state index contributed by atoms with van der Waals surface area (Å²) in [5.74, 6) is 0.734. The molecule has 0 bridgehead atoms. The highest BCUT2D eigenvalue weighted by molar-refractivity contribution is 6.31. The molecule has 1 fully saturated rings. The van der Waals surface area contributed by atoms with Gasteiger partial charge in [0.05, 0.1) is 11.8 Å². The lowest BCUT2D eigenvalue weighted by Crippen LogP contribution is -2.50. The number of unbranched alkanes of at least 4 members (excludes halogenated alkanes) is 3. The van der Waals surface area contributed by atoms with Crippen LogP contribution >= 0.6 is 11.6 Å². The number of halogens is 1. The van der Waals surface area contributed by atoms with Gasteiger partial charge in [0.2, 0.25) is 0 Å². The minimum Gasteiger partial charge on any atom is -0.357 e. The SMILES string of the molecule is CCCCCN=C1c2c([nH]c3ccc(Cl)cc23)CN(CCCC)C1C1CCCCC1. The average molecular weight is 428 g/mol. The summed E-state index contributed by atoms with van der Waals surface area (Å²) < 4.78 is 0. The summed E-state index contributed by atoms with van der Waals surface area (Å²) in [5.41, 5.74) is 5.26. The van der Waals surface area contributed by atoms with Crippen LogP contribution < -0.4 is 0 Å². The topological polar surface area (TPSA) is 31.4 Å². The van der Waals surface area contributed by atoms with Gasteiger partial charge in [0.15, 0.2) is 0 Å². The van der Waals surface area contributed by atoms with Crippen molar-refractivity contribution in [3.63, 3.8) is 0 Å². The fourth-order valence-corrected chi connectivity index (χ4v) is 5.71. The molecule has 1 N–H and O–H groups in total. The van der Waals surface area contributed by atoms with Gasteiger partial charge in [-0.2, -0.15) is 0 Å². The van der Waals surface area contributed by atoms with Crippen molar-refractivity contribution in [2.45, 2.75) is 90.6 Å². The van der Waals surface area contributed by atoms with E-state index in [1.807, 2.05) is 6.07 Å². The summed E-state index contributed by atoms with van der Waals surface area (Å²) in [6.07, 6.45) is 13.0. The monoisotopic (exact) mass is 427 g/mol. The second-order valence-electron chi connectivity index (χ2n) is 9.31. The van der Waals surface area contributed by atoms with Gasteiger partial charge in [-0.05, 0) is 56.3 Å². The van der Waals surface area contributed by atoms with Crippen molar-refractivity contribution < 1.29 is 0 Å². The summed E-state index contributed by atoms with van der Waals surface area (Å²) in [6.45, 7) is 7.69. The van der Waals surface area contributed by atoms with Crippen molar-refractivity contribution in [1.82, 2.24) is 9.88 Å². The Hall–Kier alpha value is -1.32. The number of aromatic nitrogens is 1. The number of aromatic amines is 1. The van der Waals surface area contributed by atoms with E-state index in [-0.39, 0.29) is 0 Å². The zero-order valence-corrected chi connectivity index (χ0v) is 19.6. The van der Waals surface area contributed by atoms with Crippen LogP contribution in [-0.4, -0.2) is 34.7 Å². The summed E-state index contributed by atoms with van der Waals surface area (Å²) in [4.78, 5) is 11.8. The molecule has 30 heavy (non-hydrogen) atoms. The first-order valence-corrected chi connectivity index (χ1v) is 12.7. The Labute approximate surface area is 187 Å². The first-order chi connectivity index (χ1) is 14.7. The van der Waals surface area contributed by atoms with E-state index in [4.69, 9.17) is 16.6 Å². The molecule has 2 aliphatic rings. The molecule has 2 aromatic rings. The second kappa shape index (κ2) is 10.3. The molecule has 1 aliphatic carbocycles. The predicted molar refractivity (Wildman–Crippen MR) is 130 cm³/mol. The van der Waals surface area contributed by atoms with Gasteiger partial charge >= 0.3 is 0 Å². The van der Waals surface area contributed by atoms with Gasteiger partial charge in [0, 0.05) is 40.3 Å². The fourth-order valence-electron chi connectivity index (χ4n) is 5.54. The van der Waals surface area contributed by atoms with Crippen LogP contribution in [0, 0.1) is 5.92 Å². The van der Waals surface area contributed by atoms with E-state index in [0.29, 0.717) is 6.04 Å². The van der Waals surface area contributed by atoms with E-state index in [1.54, 1.807) is 0 Å². The van der Waals surface area contributed by atoms with Crippen molar-refractivity contribution in [3.05, 3.63) is 34.5 Å². The molecule has 0 amide bonds. The third-order valence-corrected chi connectivity index (χ3v) is 7.30. The van der Waals surface area contributed by atoms with Crippen molar-refractivity contribution in [2.75, 3.05) is 13.1 Å². The Morgan fingerprint density at radius 3 is 2.63 bits per heavy atom. The number of rotatable bonds is 8. The Bertz CT molecular complexity index is 863. The number of hydrogen-bond acceptors (Lipinski definition) is 2. The van der Waals surface area contributed by atoms with Crippen LogP contribution in [0.2, 0.25) is 5.02 Å². The third kappa shape index (κ3) is 4.62. The molecule has 1 unspecified atom stereocenters. The molecule has 0 radical (unpaired) electrons. The fraction of sp³-hybridized carbons (Fsp3) is 0.654. The maximum absolute atomic E-state index is 6.43. The molecular weight excluding hydrogens is 390 g/mol. The molecule has 4 rings (SSSR count). The number of nitrogens with zero attached hydrogens (tertiary/aromatic N) is 2. The number of H-pyrrole nitrogens is 1. The number of hydrogen-bond donors (Lipinski definition) is 1. The van der Waals surface area contributed by atoms with Gasteiger partial charge in [-0.1, -0.05) is 64.0 Å². The number of aliphatic imine (C=N–C) groups is 1. The minimum absolute atomic E-state index is 0.462. The average Bonchev–Trinajstić information content (AvgIpc) is 3.12. The van der Waals surface area contributed by atoms with Crippen LogP contribution in [0.15, 0.2) is 23.2 Å². The van der Waals surface area contributed by atoms with Crippen LogP contribution in [0.1, 0.15) is 89.3 Å². The van der Waals surface area contributed by atoms with E-state index in [0.717, 1.165) is 24.0 Å². The van der Waals surface area contributed by atoms with Gasteiger partial charge in [0.1, 0.15) is 0 Å². The molecule has 2 heterocycles. The lowest BCUT2D eigenvalue weighted by Gasteiger charge is -2.42. The van der Waals surface area contributed by atoms with Crippen molar-refractivity contribution in [2.24, 2.45) is 10.9 Å². The Balaban J connectivity index is 1.79. The van der Waals surface area contributed by atoms with Gasteiger partial charge in [-0.3, -0.25) is 9.89 Å². The highest BCUT2D eigenvalue weighted by atomic mass is 35.5. The van der Waals surface area contributed by atoms with E-state index in [1.165, 1.54) is 98.6 Å². The van der Waals surface area contributed by atoms with Crippen LogP contribution in [-0.2, 0) is 6.54 Å². The first kappa shape index (κ1) is 21.9. The first-order valence-electron chi connectivity index (χ1n) is 12.3. The maximum Gasteiger partial charge on any atom is 0.0620 e. The Morgan fingerprint density at radius 1 is 1.07 bits per heavy atom. The summed E-state index contributed by atoms with van der Waals surface area (Å²) >= 11 is 6.43. The zero-order chi connectivity index (χ0) is 20.9. The van der Waals surface area contributed by atoms with Gasteiger partial charge in [-0.15, -0.1) is 0 Å². The zero-order valence-electron chi connectivity index (χ0n) is 18.9. The van der Waals surface area contributed by atoms with Crippen LogP contribution in [0.3, 0.4) is 0 Å². The molecule has 164 valence electrons. The van der Waals surface area contributed by atoms with Crippen LogP contribution in [0.25, 0.3) is 10.9 Å². The predicted octanol–water partition coefficient (Wildman–Crippen LogP) is 7.37. The Morgan fingerprint density at radius 2 is 1.87 bits per heavy atom. The molecule has 4 heteroatoms. The van der Waals surface area contributed by atoms with Crippen LogP contribution in [0.5, 0.6) is 0 Å². The van der Waals surface area contributed by atoms with Gasteiger partial charge in [0.25, 0.3) is 0 Å². The van der Waals surface area contributed by atoms with Crippen molar-refractivity contribution >= 4 is 28.2 Å². The number of nitrogens with one attached hydrogen (secondary N) is 1. The molecule has 1 aromatic carbocycles. The molecule has 0 saturated heterocycles. The summed E-state index contributed by atoms with van der Waals surface area (Å²) in [7, 11) is 0. The smallest absolute Gasteiger partial charge is 0.0620 e. The summed E-state index contributed by atoms with van der Waals surface area (Å²) in [5, 5.41) is 2.08.